The molecule has 0 aromatic carbocycles. The molecule has 0 fully saturated rings. The Bertz CT molecular complexity index is 368. The summed E-state index contributed by atoms with van der Waals surface area (Å²) in [6, 6.07) is 1.33. The number of aromatic nitrogens is 1. The van der Waals surface area contributed by atoms with Gasteiger partial charge in [0.2, 0.25) is 5.88 Å². The molecule has 0 bridgehead atoms. The summed E-state index contributed by atoms with van der Waals surface area (Å²) >= 11 is 0. The maximum atomic E-state index is 10.8. The summed E-state index contributed by atoms with van der Waals surface area (Å²) in [6.45, 7) is 3.17. The number of nitrogens with two attached hydrogens (primary N) is 1. The molecule has 0 aliphatic heterocycles. The number of rotatable bonds is 6. The van der Waals surface area contributed by atoms with E-state index in [0.29, 0.717) is 13.2 Å². The van der Waals surface area contributed by atoms with Crippen LogP contribution in [0.2, 0.25) is 0 Å². The van der Waals surface area contributed by atoms with E-state index in [1.165, 1.54) is 12.3 Å². The van der Waals surface area contributed by atoms with E-state index in [-0.39, 0.29) is 23.7 Å². The van der Waals surface area contributed by atoms with Gasteiger partial charge in [0.15, 0.2) is 0 Å². The summed E-state index contributed by atoms with van der Waals surface area (Å²) in [5.74, 6) is -0.978. The molecule has 0 atom stereocenters. The highest BCUT2D eigenvalue weighted by molar-refractivity contribution is 5.94. The zero-order valence-electron chi connectivity index (χ0n) is 8.97. The van der Waals surface area contributed by atoms with Crippen molar-refractivity contribution in [3.8, 4) is 5.88 Å². The van der Waals surface area contributed by atoms with Crippen LogP contribution in [0.3, 0.4) is 0 Å². The van der Waals surface area contributed by atoms with Crippen LogP contribution < -0.4 is 10.5 Å². The zero-order valence-corrected chi connectivity index (χ0v) is 8.97. The van der Waals surface area contributed by atoms with Crippen molar-refractivity contribution in [1.29, 1.82) is 0 Å². The molecule has 1 aromatic rings. The average molecular weight is 226 g/mol. The molecule has 88 valence electrons. The fourth-order valence-corrected chi connectivity index (χ4v) is 1.10. The predicted octanol–water partition coefficient (Wildman–Crippen LogP) is 0.777. The summed E-state index contributed by atoms with van der Waals surface area (Å²) in [5.41, 5.74) is 5.61. The van der Waals surface area contributed by atoms with Gasteiger partial charge in [0.25, 0.3) is 0 Å². The number of hydrogen-bond donors (Lipinski definition) is 2. The zero-order chi connectivity index (χ0) is 12.0. The molecule has 0 aliphatic rings. The first kappa shape index (κ1) is 12.3. The Morgan fingerprint density at radius 2 is 2.31 bits per heavy atom. The van der Waals surface area contributed by atoms with Gasteiger partial charge in [-0.2, -0.15) is 0 Å². The first-order chi connectivity index (χ1) is 7.66. The molecular weight excluding hydrogens is 212 g/mol. The normalized spacial score (nSPS) is 10.1. The maximum Gasteiger partial charge on any atom is 0.338 e. The van der Waals surface area contributed by atoms with Crippen molar-refractivity contribution in [3.05, 3.63) is 17.8 Å². The summed E-state index contributed by atoms with van der Waals surface area (Å²) in [6.07, 6.45) is 1.34. The number of carboxylic acid groups (broad SMARTS) is 1. The third kappa shape index (κ3) is 3.09. The lowest BCUT2D eigenvalue weighted by molar-refractivity contribution is 0.0697. The van der Waals surface area contributed by atoms with Gasteiger partial charge < -0.3 is 20.3 Å². The van der Waals surface area contributed by atoms with Crippen molar-refractivity contribution in [2.45, 2.75) is 6.92 Å². The van der Waals surface area contributed by atoms with E-state index in [0.717, 1.165) is 0 Å². The first-order valence-corrected chi connectivity index (χ1v) is 4.85. The molecule has 0 saturated heterocycles. The fraction of sp³-hybridized carbons (Fsp3) is 0.400. The van der Waals surface area contributed by atoms with Crippen molar-refractivity contribution in [2.75, 3.05) is 25.6 Å². The number of hydrogen-bond acceptors (Lipinski definition) is 5. The lowest BCUT2D eigenvalue weighted by Gasteiger charge is -2.08. The second-order valence-corrected chi connectivity index (χ2v) is 2.93. The fourth-order valence-electron chi connectivity index (χ4n) is 1.10. The van der Waals surface area contributed by atoms with Gasteiger partial charge in [-0.1, -0.05) is 0 Å². The largest absolute Gasteiger partial charge is 0.478 e. The summed E-state index contributed by atoms with van der Waals surface area (Å²) in [5, 5.41) is 8.81. The van der Waals surface area contributed by atoms with Gasteiger partial charge in [-0.3, -0.25) is 0 Å². The molecule has 6 heteroatoms. The second-order valence-electron chi connectivity index (χ2n) is 2.93. The smallest absolute Gasteiger partial charge is 0.338 e. The van der Waals surface area contributed by atoms with E-state index in [1.54, 1.807) is 0 Å². The molecule has 3 N–H and O–H groups in total. The van der Waals surface area contributed by atoms with E-state index < -0.39 is 5.97 Å². The number of carbonyl (C=O) groups is 1. The Labute approximate surface area is 93.0 Å². The van der Waals surface area contributed by atoms with Crippen LogP contribution in [-0.4, -0.2) is 35.9 Å². The molecule has 6 nitrogen and oxygen atoms in total. The number of nitrogen functional groups attached to an aromatic ring is 1. The van der Waals surface area contributed by atoms with Crippen molar-refractivity contribution in [1.82, 2.24) is 4.98 Å². The van der Waals surface area contributed by atoms with Crippen molar-refractivity contribution < 1.29 is 19.4 Å². The molecular formula is C10H14N2O4. The minimum atomic E-state index is -1.10. The number of pyridine rings is 1. The molecule has 0 saturated carbocycles. The van der Waals surface area contributed by atoms with Crippen LogP contribution in [0, 0.1) is 0 Å². The highest BCUT2D eigenvalue weighted by Gasteiger charge is 2.12. The van der Waals surface area contributed by atoms with E-state index in [1.807, 2.05) is 6.92 Å². The summed E-state index contributed by atoms with van der Waals surface area (Å²) in [7, 11) is 0. The number of aromatic carboxylic acids is 1. The van der Waals surface area contributed by atoms with Crippen LogP contribution in [0.25, 0.3) is 0 Å². The van der Waals surface area contributed by atoms with Crippen LogP contribution in [0.5, 0.6) is 5.88 Å². The maximum absolute atomic E-state index is 10.8. The Kier molecular flexibility index (Phi) is 4.53. The van der Waals surface area contributed by atoms with Crippen LogP contribution in [0.4, 0.5) is 5.69 Å². The van der Waals surface area contributed by atoms with Gasteiger partial charge in [0, 0.05) is 12.8 Å². The van der Waals surface area contributed by atoms with Gasteiger partial charge in [-0.15, -0.1) is 0 Å². The van der Waals surface area contributed by atoms with Gasteiger partial charge in [0.05, 0.1) is 12.2 Å². The molecule has 0 unspecified atom stereocenters. The Morgan fingerprint density at radius 3 is 2.94 bits per heavy atom. The number of anilines is 1. The van der Waals surface area contributed by atoms with Crippen LogP contribution in [0.15, 0.2) is 12.3 Å². The number of carboxylic acids is 1. The minimum Gasteiger partial charge on any atom is -0.478 e. The Morgan fingerprint density at radius 1 is 1.56 bits per heavy atom. The number of ether oxygens (including phenoxy) is 2. The minimum absolute atomic E-state index is 0.0126. The topological polar surface area (TPSA) is 94.7 Å². The van der Waals surface area contributed by atoms with E-state index in [2.05, 4.69) is 4.98 Å². The predicted molar refractivity (Wildman–Crippen MR) is 57.6 cm³/mol. The molecule has 1 aromatic heterocycles. The highest BCUT2D eigenvalue weighted by Crippen LogP contribution is 2.21. The Hall–Kier alpha value is -1.82. The molecule has 1 heterocycles. The molecule has 0 aliphatic carbocycles. The summed E-state index contributed by atoms with van der Waals surface area (Å²) in [4.78, 5) is 14.6. The standard InChI is InChI=1S/C10H14N2O4/c1-2-15-5-6-16-9-8(11)7(10(13)14)3-4-12-9/h3-4H,2,5-6,11H2,1H3,(H,13,14). The average Bonchev–Trinajstić information content (AvgIpc) is 2.26. The van der Waals surface area contributed by atoms with Crippen molar-refractivity contribution in [3.63, 3.8) is 0 Å². The molecule has 0 amide bonds. The monoisotopic (exact) mass is 226 g/mol. The third-order valence-electron chi connectivity index (χ3n) is 1.85. The number of nitrogens with zero attached hydrogens (tertiary/aromatic N) is 1. The van der Waals surface area contributed by atoms with E-state index in [4.69, 9.17) is 20.3 Å². The molecule has 16 heavy (non-hydrogen) atoms. The lowest BCUT2D eigenvalue weighted by Crippen LogP contribution is -2.11. The van der Waals surface area contributed by atoms with Crippen LogP contribution in [0.1, 0.15) is 17.3 Å². The van der Waals surface area contributed by atoms with E-state index >= 15 is 0 Å². The lowest BCUT2D eigenvalue weighted by atomic mass is 10.2. The van der Waals surface area contributed by atoms with Gasteiger partial charge in [-0.25, -0.2) is 9.78 Å². The quantitative estimate of drug-likeness (QED) is 0.696. The third-order valence-corrected chi connectivity index (χ3v) is 1.85. The van der Waals surface area contributed by atoms with Crippen molar-refractivity contribution in [2.24, 2.45) is 0 Å². The van der Waals surface area contributed by atoms with Gasteiger partial charge in [-0.05, 0) is 13.0 Å². The Balaban J connectivity index is 2.66. The first-order valence-electron chi connectivity index (χ1n) is 4.85. The van der Waals surface area contributed by atoms with Crippen LogP contribution in [-0.2, 0) is 4.74 Å². The van der Waals surface area contributed by atoms with Gasteiger partial charge in [0.1, 0.15) is 12.3 Å². The summed E-state index contributed by atoms with van der Waals surface area (Å²) < 4.78 is 10.3. The second kappa shape index (κ2) is 5.92. The molecule has 1 rings (SSSR count). The molecule has 0 spiro atoms. The SMILES string of the molecule is CCOCCOc1nccc(C(=O)O)c1N. The van der Waals surface area contributed by atoms with E-state index in [9.17, 15) is 4.79 Å². The van der Waals surface area contributed by atoms with Crippen LogP contribution >= 0.6 is 0 Å². The van der Waals surface area contributed by atoms with Crippen molar-refractivity contribution >= 4 is 11.7 Å². The highest BCUT2D eigenvalue weighted by atomic mass is 16.5. The van der Waals surface area contributed by atoms with Gasteiger partial charge >= 0.3 is 5.97 Å². The molecule has 0 radical (unpaired) electrons.